The van der Waals surface area contributed by atoms with E-state index >= 15 is 0 Å². The van der Waals surface area contributed by atoms with E-state index in [-0.39, 0.29) is 18.1 Å². The summed E-state index contributed by atoms with van der Waals surface area (Å²) in [6, 6.07) is 14.4. The van der Waals surface area contributed by atoms with Crippen LogP contribution in [0.2, 0.25) is 0 Å². The number of hydrogen-bond acceptors (Lipinski definition) is 7. The van der Waals surface area contributed by atoms with Gasteiger partial charge in [-0.15, -0.1) is 0 Å². The Hall–Kier alpha value is -3.06. The van der Waals surface area contributed by atoms with E-state index in [0.29, 0.717) is 12.4 Å². The molecule has 1 atom stereocenters. The van der Waals surface area contributed by atoms with Gasteiger partial charge in [0.05, 0.1) is 7.11 Å². The van der Waals surface area contributed by atoms with E-state index < -0.39 is 18.0 Å². The molecule has 0 fully saturated rings. The van der Waals surface area contributed by atoms with Gasteiger partial charge in [0.2, 0.25) is 0 Å². The molecule has 0 bridgehead atoms. The zero-order chi connectivity index (χ0) is 19.6. The molecule has 2 rings (SSSR count). The quantitative estimate of drug-likeness (QED) is 0.493. The number of hydrogen-bond donors (Lipinski definition) is 0. The first-order valence-electron chi connectivity index (χ1n) is 8.26. The van der Waals surface area contributed by atoms with Gasteiger partial charge in [-0.1, -0.05) is 30.3 Å². The molecule has 0 aliphatic rings. The van der Waals surface area contributed by atoms with Gasteiger partial charge in [0.1, 0.15) is 23.7 Å². The van der Waals surface area contributed by atoms with E-state index in [1.807, 2.05) is 30.3 Å². The maximum atomic E-state index is 12.4. The lowest BCUT2D eigenvalue weighted by atomic mass is 10.2. The number of carbonyl (C=O) groups is 2. The molecule has 144 valence electrons. The lowest BCUT2D eigenvalue weighted by molar-refractivity contribution is -0.149. The van der Waals surface area contributed by atoms with Crippen LogP contribution in [0.5, 0.6) is 11.5 Å². The van der Waals surface area contributed by atoms with E-state index in [2.05, 4.69) is 4.74 Å². The molecule has 0 aliphatic carbocycles. The van der Waals surface area contributed by atoms with Crippen LogP contribution in [0, 0.1) is 0 Å². The lowest BCUT2D eigenvalue weighted by Crippen LogP contribution is -2.25. The second kappa shape index (κ2) is 10.2. The Balaban J connectivity index is 2.14. The van der Waals surface area contributed by atoms with Crippen molar-refractivity contribution >= 4 is 11.9 Å². The van der Waals surface area contributed by atoms with Crippen molar-refractivity contribution in [2.75, 3.05) is 21.0 Å². The van der Waals surface area contributed by atoms with Crippen molar-refractivity contribution in [3.05, 3.63) is 59.7 Å². The smallest absolute Gasteiger partial charge is 0.346 e. The van der Waals surface area contributed by atoms with Crippen molar-refractivity contribution in [1.29, 1.82) is 0 Å². The number of rotatable bonds is 9. The number of benzene rings is 2. The van der Waals surface area contributed by atoms with Crippen LogP contribution in [-0.2, 0) is 25.6 Å². The summed E-state index contributed by atoms with van der Waals surface area (Å²) in [5, 5.41) is 0. The minimum absolute atomic E-state index is 0.0605. The Bertz CT molecular complexity index is 758. The molecule has 2 aromatic rings. The van der Waals surface area contributed by atoms with E-state index in [1.165, 1.54) is 27.2 Å². The largest absolute Gasteiger partial charge is 0.489 e. The van der Waals surface area contributed by atoms with E-state index in [4.69, 9.17) is 18.9 Å². The zero-order valence-corrected chi connectivity index (χ0v) is 15.5. The Morgan fingerprint density at radius 3 is 2.41 bits per heavy atom. The molecule has 0 aromatic heterocycles. The third-order valence-electron chi connectivity index (χ3n) is 3.57. The first kappa shape index (κ1) is 20.3. The third-order valence-corrected chi connectivity index (χ3v) is 3.57. The summed E-state index contributed by atoms with van der Waals surface area (Å²) in [4.78, 5) is 23.8. The van der Waals surface area contributed by atoms with Crippen LogP contribution in [0.1, 0.15) is 22.8 Å². The van der Waals surface area contributed by atoms with Gasteiger partial charge in [-0.05, 0) is 24.6 Å². The summed E-state index contributed by atoms with van der Waals surface area (Å²) >= 11 is 0. The Labute approximate surface area is 157 Å². The van der Waals surface area contributed by atoms with Crippen molar-refractivity contribution in [2.24, 2.45) is 0 Å². The van der Waals surface area contributed by atoms with Crippen LogP contribution in [0.15, 0.2) is 48.5 Å². The highest BCUT2D eigenvalue weighted by atomic mass is 16.7. The standard InChI is InChI=1S/C20H22O7/c1-14(19(21)24-3)27-20(22)17-10-9-16(11-18(17)26-13-23-2)25-12-15-7-5-4-6-8-15/h4-11,14H,12-13H2,1-3H3/t14-/m1/s1. The molecular formula is C20H22O7. The molecule has 2 aromatic carbocycles. The zero-order valence-electron chi connectivity index (χ0n) is 15.5. The van der Waals surface area contributed by atoms with Gasteiger partial charge < -0.3 is 23.7 Å². The highest BCUT2D eigenvalue weighted by molar-refractivity contribution is 5.94. The predicted molar refractivity (Wildman–Crippen MR) is 96.6 cm³/mol. The Kier molecular flexibility index (Phi) is 7.63. The second-order valence-electron chi connectivity index (χ2n) is 5.55. The summed E-state index contributed by atoms with van der Waals surface area (Å²) in [7, 11) is 2.69. The van der Waals surface area contributed by atoms with E-state index in [9.17, 15) is 9.59 Å². The minimum Gasteiger partial charge on any atom is -0.489 e. The molecule has 0 heterocycles. The maximum absolute atomic E-state index is 12.4. The lowest BCUT2D eigenvalue weighted by Gasteiger charge is -2.15. The SMILES string of the molecule is COCOc1cc(OCc2ccccc2)ccc1C(=O)O[C@H](C)C(=O)OC. The van der Waals surface area contributed by atoms with Crippen LogP contribution in [0.4, 0.5) is 0 Å². The van der Waals surface area contributed by atoms with E-state index in [1.54, 1.807) is 12.1 Å². The minimum atomic E-state index is -1.04. The molecule has 0 aliphatic heterocycles. The molecule has 0 unspecified atom stereocenters. The highest BCUT2D eigenvalue weighted by Gasteiger charge is 2.22. The van der Waals surface area contributed by atoms with Crippen molar-refractivity contribution < 1.29 is 33.3 Å². The van der Waals surface area contributed by atoms with Gasteiger partial charge in [0, 0.05) is 13.2 Å². The number of esters is 2. The molecule has 7 nitrogen and oxygen atoms in total. The fourth-order valence-corrected chi connectivity index (χ4v) is 2.18. The molecule has 0 amide bonds. The number of ether oxygens (including phenoxy) is 5. The van der Waals surface area contributed by atoms with Gasteiger partial charge in [0.15, 0.2) is 12.9 Å². The average molecular weight is 374 g/mol. The van der Waals surface area contributed by atoms with Crippen molar-refractivity contribution in [3.63, 3.8) is 0 Å². The highest BCUT2D eigenvalue weighted by Crippen LogP contribution is 2.27. The van der Waals surface area contributed by atoms with Crippen molar-refractivity contribution in [2.45, 2.75) is 19.6 Å². The molecule has 27 heavy (non-hydrogen) atoms. The topological polar surface area (TPSA) is 80.3 Å². The fraction of sp³-hybridized carbons (Fsp3) is 0.300. The maximum Gasteiger partial charge on any atom is 0.346 e. The molecule has 0 N–H and O–H groups in total. The van der Waals surface area contributed by atoms with Crippen LogP contribution in [-0.4, -0.2) is 39.1 Å². The summed E-state index contributed by atoms with van der Waals surface area (Å²) < 4.78 is 25.7. The predicted octanol–water partition coefficient (Wildman–Crippen LogP) is 2.97. The molecular weight excluding hydrogens is 352 g/mol. The van der Waals surface area contributed by atoms with Crippen LogP contribution >= 0.6 is 0 Å². The van der Waals surface area contributed by atoms with E-state index in [0.717, 1.165) is 5.56 Å². The van der Waals surface area contributed by atoms with Gasteiger partial charge >= 0.3 is 11.9 Å². The third kappa shape index (κ3) is 6.00. The first-order chi connectivity index (χ1) is 13.0. The fourth-order valence-electron chi connectivity index (χ4n) is 2.18. The normalized spacial score (nSPS) is 11.4. The van der Waals surface area contributed by atoms with Gasteiger partial charge in [-0.3, -0.25) is 0 Å². The number of carbonyl (C=O) groups excluding carboxylic acids is 2. The summed E-state index contributed by atoms with van der Waals surface area (Å²) in [6.07, 6.45) is -1.04. The van der Waals surface area contributed by atoms with Gasteiger partial charge in [0.25, 0.3) is 0 Å². The average Bonchev–Trinajstić information content (AvgIpc) is 2.70. The Morgan fingerprint density at radius 1 is 1.00 bits per heavy atom. The molecule has 0 spiro atoms. The molecule has 7 heteroatoms. The first-order valence-corrected chi connectivity index (χ1v) is 8.26. The molecule has 0 saturated carbocycles. The van der Waals surface area contributed by atoms with Crippen molar-refractivity contribution in [1.82, 2.24) is 0 Å². The Morgan fingerprint density at radius 2 is 1.74 bits per heavy atom. The summed E-state index contributed by atoms with van der Waals surface area (Å²) in [5.74, 6) is -0.619. The second-order valence-corrected chi connectivity index (χ2v) is 5.55. The summed E-state index contributed by atoms with van der Waals surface area (Å²) in [5.41, 5.74) is 1.15. The molecule has 0 saturated heterocycles. The van der Waals surface area contributed by atoms with Crippen LogP contribution < -0.4 is 9.47 Å². The molecule has 0 radical (unpaired) electrons. The monoisotopic (exact) mass is 374 g/mol. The van der Waals surface area contributed by atoms with Crippen LogP contribution in [0.25, 0.3) is 0 Å². The van der Waals surface area contributed by atoms with Crippen LogP contribution in [0.3, 0.4) is 0 Å². The van der Waals surface area contributed by atoms with Crippen molar-refractivity contribution in [3.8, 4) is 11.5 Å². The summed E-state index contributed by atoms with van der Waals surface area (Å²) in [6.45, 7) is 1.74. The van der Waals surface area contributed by atoms with Gasteiger partial charge in [-0.2, -0.15) is 0 Å². The van der Waals surface area contributed by atoms with Gasteiger partial charge in [-0.25, -0.2) is 9.59 Å². The number of methoxy groups -OCH3 is 2.